The van der Waals surface area contributed by atoms with Crippen molar-refractivity contribution in [3.63, 3.8) is 0 Å². The van der Waals surface area contributed by atoms with Crippen LogP contribution in [-0.2, 0) is 0 Å². The summed E-state index contributed by atoms with van der Waals surface area (Å²) in [5.74, 6) is 0.686. The molecule has 0 saturated carbocycles. The van der Waals surface area contributed by atoms with E-state index in [4.69, 9.17) is 21.1 Å². The Morgan fingerprint density at radius 3 is 2.38 bits per heavy atom. The molecule has 0 fully saturated rings. The maximum Gasteiger partial charge on any atom is 0.276 e. The second-order valence-corrected chi connectivity index (χ2v) is 7.59. The molecule has 168 valence electrons. The Morgan fingerprint density at radius 1 is 1.06 bits per heavy atom. The highest BCUT2D eigenvalue weighted by Gasteiger charge is 2.19. The molecule has 8 heteroatoms. The van der Waals surface area contributed by atoms with E-state index < -0.39 is 11.3 Å². The van der Waals surface area contributed by atoms with Crippen molar-refractivity contribution in [2.24, 2.45) is 0 Å². The third-order valence-corrected chi connectivity index (χ3v) is 5.06. The number of hydrogen-bond acceptors (Lipinski definition) is 5. The van der Waals surface area contributed by atoms with Crippen molar-refractivity contribution in [3.05, 3.63) is 80.7 Å². The van der Waals surface area contributed by atoms with Crippen LogP contribution in [0, 0.1) is 6.92 Å². The molecular formula is C24H26ClN3O4. The van der Waals surface area contributed by atoms with Crippen LogP contribution in [0.1, 0.15) is 48.6 Å². The van der Waals surface area contributed by atoms with Crippen LogP contribution < -0.4 is 20.2 Å². The number of hydrogen-bond donors (Lipinski definition) is 1. The van der Waals surface area contributed by atoms with Gasteiger partial charge in [0.15, 0.2) is 17.2 Å². The lowest BCUT2D eigenvalue weighted by Gasteiger charge is -2.18. The zero-order valence-electron chi connectivity index (χ0n) is 18.5. The van der Waals surface area contributed by atoms with Crippen LogP contribution in [0.2, 0.25) is 5.02 Å². The summed E-state index contributed by atoms with van der Waals surface area (Å²) in [5.41, 5.74) is 1.49. The molecule has 0 saturated heterocycles. The number of rotatable bonds is 8. The van der Waals surface area contributed by atoms with Crippen molar-refractivity contribution in [1.82, 2.24) is 15.1 Å². The van der Waals surface area contributed by atoms with Crippen LogP contribution in [0.5, 0.6) is 11.5 Å². The minimum Gasteiger partial charge on any atom is -0.490 e. The summed E-state index contributed by atoms with van der Waals surface area (Å²) >= 11 is 5.96. The van der Waals surface area contributed by atoms with Gasteiger partial charge < -0.3 is 14.8 Å². The Morgan fingerprint density at radius 2 is 1.72 bits per heavy atom. The van der Waals surface area contributed by atoms with Gasteiger partial charge in [-0.1, -0.05) is 17.7 Å². The van der Waals surface area contributed by atoms with Crippen LogP contribution in [0.15, 0.2) is 53.3 Å². The molecule has 0 aliphatic heterocycles. The Hall–Kier alpha value is -3.32. The van der Waals surface area contributed by atoms with E-state index in [1.165, 1.54) is 6.07 Å². The van der Waals surface area contributed by atoms with Crippen molar-refractivity contribution in [2.45, 2.75) is 33.7 Å². The largest absolute Gasteiger partial charge is 0.490 e. The van der Waals surface area contributed by atoms with Gasteiger partial charge in [-0.3, -0.25) is 9.59 Å². The van der Waals surface area contributed by atoms with E-state index in [9.17, 15) is 9.59 Å². The smallest absolute Gasteiger partial charge is 0.276 e. The standard InChI is InChI=1S/C24H26ClN3O4/c1-5-31-21-12-7-17(14-22(21)32-6-2)16(4)26-24(30)23-20(29)13-15(3)28(27-23)19-10-8-18(25)9-11-19/h7-14,16H,5-6H2,1-4H3,(H,26,30). The normalized spacial score (nSPS) is 11.7. The summed E-state index contributed by atoms with van der Waals surface area (Å²) in [6.07, 6.45) is 0. The van der Waals surface area contributed by atoms with E-state index in [0.29, 0.717) is 41.1 Å². The van der Waals surface area contributed by atoms with E-state index >= 15 is 0 Å². The second kappa shape index (κ2) is 10.3. The Bertz CT molecular complexity index is 1160. The first-order valence-electron chi connectivity index (χ1n) is 10.4. The number of aromatic nitrogens is 2. The van der Waals surface area contributed by atoms with Crippen molar-refractivity contribution >= 4 is 17.5 Å². The fraction of sp³-hybridized carbons (Fsp3) is 0.292. The van der Waals surface area contributed by atoms with Crippen LogP contribution in [-0.4, -0.2) is 28.9 Å². The van der Waals surface area contributed by atoms with E-state index in [1.807, 2.05) is 39.0 Å². The molecule has 0 radical (unpaired) electrons. The maximum atomic E-state index is 12.9. The SMILES string of the molecule is CCOc1ccc(C(C)NC(=O)c2nn(-c3ccc(Cl)cc3)c(C)cc2=O)cc1OCC. The molecule has 2 aromatic carbocycles. The highest BCUT2D eigenvalue weighted by Crippen LogP contribution is 2.30. The fourth-order valence-electron chi connectivity index (χ4n) is 3.23. The molecule has 1 unspecified atom stereocenters. The first-order valence-corrected chi connectivity index (χ1v) is 10.8. The predicted octanol–water partition coefficient (Wildman–Crippen LogP) is 4.48. The van der Waals surface area contributed by atoms with Gasteiger partial charge in [-0.05, 0) is 69.7 Å². The predicted molar refractivity (Wildman–Crippen MR) is 124 cm³/mol. The van der Waals surface area contributed by atoms with Gasteiger partial charge in [-0.15, -0.1) is 0 Å². The van der Waals surface area contributed by atoms with Crippen LogP contribution in [0.4, 0.5) is 0 Å². The molecule has 1 atom stereocenters. The van der Waals surface area contributed by atoms with E-state index in [-0.39, 0.29) is 11.7 Å². The highest BCUT2D eigenvalue weighted by molar-refractivity contribution is 6.30. The number of amides is 1. The number of nitrogens with zero attached hydrogens (tertiary/aromatic N) is 2. The van der Waals surface area contributed by atoms with E-state index in [1.54, 1.807) is 35.9 Å². The van der Waals surface area contributed by atoms with Crippen LogP contribution in [0.25, 0.3) is 5.69 Å². The lowest BCUT2D eigenvalue weighted by atomic mass is 10.1. The Labute approximate surface area is 191 Å². The van der Waals surface area contributed by atoms with Crippen LogP contribution >= 0.6 is 11.6 Å². The lowest BCUT2D eigenvalue weighted by Crippen LogP contribution is -2.33. The summed E-state index contributed by atoms with van der Waals surface area (Å²) < 4.78 is 12.8. The molecule has 3 rings (SSSR count). The third kappa shape index (κ3) is 5.29. The average molecular weight is 456 g/mol. The van der Waals surface area contributed by atoms with Gasteiger partial charge in [0.2, 0.25) is 5.43 Å². The van der Waals surface area contributed by atoms with Crippen LogP contribution in [0.3, 0.4) is 0 Å². The number of benzene rings is 2. The van der Waals surface area contributed by atoms with E-state index in [0.717, 1.165) is 5.56 Å². The zero-order valence-corrected chi connectivity index (χ0v) is 19.3. The minimum atomic E-state index is -0.558. The summed E-state index contributed by atoms with van der Waals surface area (Å²) in [4.78, 5) is 25.4. The zero-order chi connectivity index (χ0) is 23.3. The topological polar surface area (TPSA) is 82.5 Å². The first kappa shape index (κ1) is 23.3. The molecule has 1 aromatic heterocycles. The van der Waals surface area contributed by atoms with Gasteiger partial charge in [0.05, 0.1) is 24.9 Å². The number of ether oxygens (including phenoxy) is 2. The summed E-state index contributed by atoms with van der Waals surface area (Å²) in [6, 6.07) is 13.5. The molecule has 3 aromatic rings. The molecule has 7 nitrogen and oxygen atoms in total. The molecule has 32 heavy (non-hydrogen) atoms. The Kier molecular flexibility index (Phi) is 7.53. The van der Waals surface area contributed by atoms with Gasteiger partial charge in [0, 0.05) is 16.8 Å². The fourth-order valence-corrected chi connectivity index (χ4v) is 3.36. The summed E-state index contributed by atoms with van der Waals surface area (Å²) in [5, 5.41) is 7.74. The molecule has 1 N–H and O–H groups in total. The third-order valence-electron chi connectivity index (χ3n) is 4.81. The van der Waals surface area contributed by atoms with Crippen molar-refractivity contribution in [2.75, 3.05) is 13.2 Å². The number of nitrogens with one attached hydrogen (secondary N) is 1. The number of carbonyl (C=O) groups is 1. The maximum absolute atomic E-state index is 12.9. The molecule has 1 amide bonds. The second-order valence-electron chi connectivity index (χ2n) is 7.15. The van der Waals surface area contributed by atoms with Crippen molar-refractivity contribution in [1.29, 1.82) is 0 Å². The highest BCUT2D eigenvalue weighted by atomic mass is 35.5. The first-order chi connectivity index (χ1) is 15.3. The molecule has 0 spiro atoms. The van der Waals surface area contributed by atoms with Gasteiger partial charge in [0.25, 0.3) is 5.91 Å². The number of aryl methyl sites for hydroxylation is 1. The minimum absolute atomic E-state index is 0.187. The average Bonchev–Trinajstić information content (AvgIpc) is 2.76. The quantitative estimate of drug-likeness (QED) is 0.541. The van der Waals surface area contributed by atoms with Gasteiger partial charge >= 0.3 is 0 Å². The van der Waals surface area contributed by atoms with E-state index in [2.05, 4.69) is 10.4 Å². The van der Waals surface area contributed by atoms with Gasteiger partial charge in [-0.25, -0.2) is 4.68 Å². The van der Waals surface area contributed by atoms with Crippen molar-refractivity contribution < 1.29 is 14.3 Å². The van der Waals surface area contributed by atoms with Gasteiger partial charge in [-0.2, -0.15) is 5.10 Å². The molecule has 0 bridgehead atoms. The van der Waals surface area contributed by atoms with Crippen molar-refractivity contribution in [3.8, 4) is 17.2 Å². The van der Waals surface area contributed by atoms with Gasteiger partial charge in [0.1, 0.15) is 0 Å². The molecule has 1 heterocycles. The molecular weight excluding hydrogens is 430 g/mol. The molecule has 0 aliphatic rings. The Balaban J connectivity index is 1.87. The number of carbonyl (C=O) groups excluding carboxylic acids is 1. The lowest BCUT2D eigenvalue weighted by molar-refractivity contribution is 0.0931. The molecule has 0 aliphatic carbocycles. The monoisotopic (exact) mass is 455 g/mol. The summed E-state index contributed by atoms with van der Waals surface area (Å²) in [7, 11) is 0. The summed E-state index contributed by atoms with van der Waals surface area (Å²) in [6.45, 7) is 8.38. The number of halogens is 1.